The van der Waals surface area contributed by atoms with E-state index in [2.05, 4.69) is 42.4 Å². The number of benzene rings is 3. The van der Waals surface area contributed by atoms with Gasteiger partial charge in [-0.05, 0) is 48.9 Å². The number of carbonyl (C=O) groups excluding carboxylic acids is 1. The molecule has 154 valence electrons. The molecule has 0 atom stereocenters. The number of hydrazone groups is 1. The molecule has 0 bridgehead atoms. The van der Waals surface area contributed by atoms with Crippen molar-refractivity contribution in [2.75, 3.05) is 6.61 Å². The van der Waals surface area contributed by atoms with Gasteiger partial charge in [0.2, 0.25) is 0 Å². The molecule has 0 radical (unpaired) electrons. The summed E-state index contributed by atoms with van der Waals surface area (Å²) in [5.41, 5.74) is 4.71. The van der Waals surface area contributed by atoms with E-state index in [1.54, 1.807) is 18.3 Å². The van der Waals surface area contributed by atoms with E-state index >= 15 is 0 Å². The lowest BCUT2D eigenvalue weighted by molar-refractivity contribution is 0.0950. The summed E-state index contributed by atoms with van der Waals surface area (Å²) in [4.78, 5) is 12.7. The molecule has 5 nitrogen and oxygen atoms in total. The standard InChI is InChI=1S/C23H20Br2N2O3/c1-2-29-21-10-8-18(24)12-17(21)14-26-27-23(28)20-13-19(25)9-11-22(20)30-15-16-6-4-3-5-7-16/h3-14H,2,15H2,1H3,(H,27,28)/b26-14+. The average molecular weight is 532 g/mol. The van der Waals surface area contributed by atoms with Gasteiger partial charge in [-0.15, -0.1) is 0 Å². The van der Waals surface area contributed by atoms with Crippen molar-refractivity contribution in [3.8, 4) is 11.5 Å². The van der Waals surface area contributed by atoms with Crippen molar-refractivity contribution in [2.45, 2.75) is 13.5 Å². The fourth-order valence-corrected chi connectivity index (χ4v) is 3.41. The fourth-order valence-electron chi connectivity index (χ4n) is 2.67. The predicted octanol–water partition coefficient (Wildman–Crippen LogP) is 5.95. The van der Waals surface area contributed by atoms with Gasteiger partial charge in [0.15, 0.2) is 0 Å². The maximum Gasteiger partial charge on any atom is 0.275 e. The van der Waals surface area contributed by atoms with Crippen LogP contribution in [0.3, 0.4) is 0 Å². The first-order valence-electron chi connectivity index (χ1n) is 9.29. The third-order valence-corrected chi connectivity index (χ3v) is 5.05. The lowest BCUT2D eigenvalue weighted by Crippen LogP contribution is -2.19. The molecule has 0 heterocycles. The van der Waals surface area contributed by atoms with Crippen LogP contribution in [0.5, 0.6) is 11.5 Å². The van der Waals surface area contributed by atoms with E-state index in [4.69, 9.17) is 9.47 Å². The van der Waals surface area contributed by atoms with E-state index in [-0.39, 0.29) is 5.91 Å². The summed E-state index contributed by atoms with van der Waals surface area (Å²) < 4.78 is 13.1. The van der Waals surface area contributed by atoms with Gasteiger partial charge in [-0.2, -0.15) is 5.10 Å². The van der Waals surface area contributed by atoms with Crippen LogP contribution in [0, 0.1) is 0 Å². The summed E-state index contributed by atoms with van der Waals surface area (Å²) in [5, 5.41) is 4.09. The highest BCUT2D eigenvalue weighted by molar-refractivity contribution is 9.10. The summed E-state index contributed by atoms with van der Waals surface area (Å²) >= 11 is 6.84. The molecule has 0 saturated heterocycles. The number of amides is 1. The fraction of sp³-hybridized carbons (Fsp3) is 0.130. The van der Waals surface area contributed by atoms with Gasteiger partial charge in [-0.3, -0.25) is 4.79 Å². The molecule has 1 N–H and O–H groups in total. The molecular weight excluding hydrogens is 512 g/mol. The van der Waals surface area contributed by atoms with Gasteiger partial charge < -0.3 is 9.47 Å². The highest BCUT2D eigenvalue weighted by atomic mass is 79.9. The SMILES string of the molecule is CCOc1ccc(Br)cc1/C=N/NC(=O)c1cc(Br)ccc1OCc1ccccc1. The molecule has 3 aromatic carbocycles. The molecule has 0 aromatic heterocycles. The maximum atomic E-state index is 12.7. The van der Waals surface area contributed by atoms with E-state index in [0.717, 1.165) is 20.1 Å². The minimum absolute atomic E-state index is 0.363. The van der Waals surface area contributed by atoms with Crippen LogP contribution in [0.25, 0.3) is 0 Å². The van der Waals surface area contributed by atoms with Crippen LogP contribution in [-0.2, 0) is 6.61 Å². The number of nitrogens with one attached hydrogen (secondary N) is 1. The second kappa shape index (κ2) is 10.9. The van der Waals surface area contributed by atoms with E-state index in [9.17, 15) is 4.79 Å². The molecule has 3 aromatic rings. The Labute approximate surface area is 192 Å². The lowest BCUT2D eigenvalue weighted by Gasteiger charge is -2.11. The van der Waals surface area contributed by atoms with Gasteiger partial charge in [-0.1, -0.05) is 62.2 Å². The van der Waals surface area contributed by atoms with Gasteiger partial charge in [0.1, 0.15) is 18.1 Å². The number of carbonyl (C=O) groups is 1. The van der Waals surface area contributed by atoms with Crippen molar-refractivity contribution in [1.29, 1.82) is 0 Å². The van der Waals surface area contributed by atoms with Gasteiger partial charge >= 0.3 is 0 Å². The van der Waals surface area contributed by atoms with Gasteiger partial charge in [0.05, 0.1) is 18.4 Å². The van der Waals surface area contributed by atoms with Crippen LogP contribution in [0.15, 0.2) is 80.8 Å². The Balaban J connectivity index is 1.73. The highest BCUT2D eigenvalue weighted by Gasteiger charge is 2.13. The summed E-state index contributed by atoms with van der Waals surface area (Å²) in [5.74, 6) is 0.795. The molecule has 3 rings (SSSR count). The Morgan fingerprint density at radius 3 is 2.40 bits per heavy atom. The summed E-state index contributed by atoms with van der Waals surface area (Å²) in [7, 11) is 0. The molecule has 0 fully saturated rings. The Morgan fingerprint density at radius 1 is 0.967 bits per heavy atom. The van der Waals surface area contributed by atoms with Gasteiger partial charge in [-0.25, -0.2) is 5.43 Å². The summed E-state index contributed by atoms with van der Waals surface area (Å²) in [6.07, 6.45) is 1.55. The Bertz CT molecular complexity index is 1040. The van der Waals surface area contributed by atoms with Crippen LogP contribution in [0.4, 0.5) is 0 Å². The molecule has 0 aliphatic rings. The second-order valence-electron chi connectivity index (χ2n) is 6.23. The first-order chi connectivity index (χ1) is 14.6. The maximum absolute atomic E-state index is 12.7. The van der Waals surface area contributed by atoms with Crippen molar-refractivity contribution >= 4 is 44.0 Å². The zero-order valence-corrected chi connectivity index (χ0v) is 19.4. The number of rotatable bonds is 8. The molecule has 0 aliphatic carbocycles. The molecule has 30 heavy (non-hydrogen) atoms. The zero-order valence-electron chi connectivity index (χ0n) is 16.3. The number of hydrogen-bond acceptors (Lipinski definition) is 4. The number of ether oxygens (including phenoxy) is 2. The smallest absolute Gasteiger partial charge is 0.275 e. The Morgan fingerprint density at radius 2 is 1.67 bits per heavy atom. The average Bonchev–Trinajstić information content (AvgIpc) is 2.75. The zero-order chi connectivity index (χ0) is 21.3. The highest BCUT2D eigenvalue weighted by Crippen LogP contribution is 2.25. The quantitative estimate of drug-likeness (QED) is 0.288. The minimum Gasteiger partial charge on any atom is -0.493 e. The molecule has 0 aliphatic heterocycles. The van der Waals surface area contributed by atoms with Crippen molar-refractivity contribution in [3.05, 3.63) is 92.4 Å². The Hall–Kier alpha value is -2.64. The van der Waals surface area contributed by atoms with E-state index in [1.807, 2.05) is 61.5 Å². The van der Waals surface area contributed by atoms with Crippen LogP contribution < -0.4 is 14.9 Å². The molecule has 1 amide bonds. The minimum atomic E-state index is -0.372. The van der Waals surface area contributed by atoms with Crippen molar-refractivity contribution in [3.63, 3.8) is 0 Å². The molecule has 0 spiro atoms. The normalized spacial score (nSPS) is 10.8. The van der Waals surface area contributed by atoms with Crippen LogP contribution in [0.2, 0.25) is 0 Å². The number of halogens is 2. The third-order valence-electron chi connectivity index (χ3n) is 4.06. The number of nitrogens with zero attached hydrogens (tertiary/aromatic N) is 1. The van der Waals surface area contributed by atoms with E-state index in [1.165, 1.54) is 0 Å². The van der Waals surface area contributed by atoms with Gasteiger partial charge in [0, 0.05) is 14.5 Å². The van der Waals surface area contributed by atoms with E-state index in [0.29, 0.717) is 30.3 Å². The van der Waals surface area contributed by atoms with Crippen LogP contribution in [-0.4, -0.2) is 18.7 Å². The summed E-state index contributed by atoms with van der Waals surface area (Å²) in [6, 6.07) is 20.7. The Kier molecular flexibility index (Phi) is 8.04. The van der Waals surface area contributed by atoms with Crippen molar-refractivity contribution in [2.24, 2.45) is 5.10 Å². The third kappa shape index (κ3) is 6.18. The van der Waals surface area contributed by atoms with Crippen molar-refractivity contribution < 1.29 is 14.3 Å². The first kappa shape index (κ1) is 22.1. The molecular formula is C23H20Br2N2O3. The first-order valence-corrected chi connectivity index (χ1v) is 10.9. The van der Waals surface area contributed by atoms with Crippen LogP contribution in [0.1, 0.15) is 28.4 Å². The van der Waals surface area contributed by atoms with Crippen LogP contribution >= 0.6 is 31.9 Å². The molecule has 7 heteroatoms. The van der Waals surface area contributed by atoms with Gasteiger partial charge in [0.25, 0.3) is 5.91 Å². The molecule has 0 saturated carbocycles. The van der Waals surface area contributed by atoms with Crippen molar-refractivity contribution in [1.82, 2.24) is 5.43 Å². The monoisotopic (exact) mass is 530 g/mol. The largest absolute Gasteiger partial charge is 0.493 e. The summed E-state index contributed by atoms with van der Waals surface area (Å²) in [6.45, 7) is 2.81. The lowest BCUT2D eigenvalue weighted by atomic mass is 10.2. The predicted molar refractivity (Wildman–Crippen MR) is 125 cm³/mol. The topological polar surface area (TPSA) is 59.9 Å². The van der Waals surface area contributed by atoms with E-state index < -0.39 is 0 Å². The molecule has 0 unspecified atom stereocenters. The number of hydrogen-bond donors (Lipinski definition) is 1. The second-order valence-corrected chi connectivity index (χ2v) is 8.06.